The summed E-state index contributed by atoms with van der Waals surface area (Å²) in [6.07, 6.45) is 5.00. The highest BCUT2D eigenvalue weighted by Gasteiger charge is 2.41. The predicted octanol–water partition coefficient (Wildman–Crippen LogP) is 3.14. The Bertz CT molecular complexity index is 567. The van der Waals surface area contributed by atoms with Crippen molar-refractivity contribution < 1.29 is 14.8 Å². The Morgan fingerprint density at radius 3 is 2.43 bits per heavy atom. The maximum absolute atomic E-state index is 11.2. The lowest BCUT2D eigenvalue weighted by molar-refractivity contribution is -0.384. The molecule has 3 rings (SSSR count). The second kappa shape index (κ2) is 5.35. The van der Waals surface area contributed by atoms with Crippen molar-refractivity contribution in [2.45, 2.75) is 25.7 Å². The van der Waals surface area contributed by atoms with Crippen molar-refractivity contribution in [3.63, 3.8) is 0 Å². The monoisotopic (exact) mass is 290 g/mol. The molecular formula is C15H18N2O4. The molecule has 0 aliphatic heterocycles. The summed E-state index contributed by atoms with van der Waals surface area (Å²) in [6, 6.07) is 4.40. The topological polar surface area (TPSA) is 92.5 Å². The van der Waals surface area contributed by atoms with Crippen LogP contribution in [0.15, 0.2) is 18.2 Å². The minimum atomic E-state index is -1.27. The van der Waals surface area contributed by atoms with Gasteiger partial charge < -0.3 is 10.4 Å². The van der Waals surface area contributed by atoms with Gasteiger partial charge in [0.25, 0.3) is 0 Å². The van der Waals surface area contributed by atoms with Gasteiger partial charge in [0.2, 0.25) is 0 Å². The summed E-state index contributed by atoms with van der Waals surface area (Å²) in [5.41, 5.74) is -0.291. The Labute approximate surface area is 122 Å². The summed E-state index contributed by atoms with van der Waals surface area (Å²) in [7, 11) is 0. The molecule has 6 heteroatoms. The van der Waals surface area contributed by atoms with Crippen LogP contribution in [-0.2, 0) is 0 Å². The summed E-state index contributed by atoms with van der Waals surface area (Å²) in [6.45, 7) is 0.694. The third-order valence-corrected chi connectivity index (χ3v) is 4.43. The highest BCUT2D eigenvalue weighted by atomic mass is 16.6. The molecule has 2 aliphatic carbocycles. The zero-order valence-electron chi connectivity index (χ0n) is 11.6. The Balaban J connectivity index is 1.79. The molecule has 0 saturated heterocycles. The van der Waals surface area contributed by atoms with E-state index >= 15 is 0 Å². The number of hydrogen-bond donors (Lipinski definition) is 2. The van der Waals surface area contributed by atoms with Crippen molar-refractivity contribution in [1.82, 2.24) is 0 Å². The predicted molar refractivity (Wildman–Crippen MR) is 77.5 cm³/mol. The van der Waals surface area contributed by atoms with Gasteiger partial charge in [-0.05, 0) is 55.6 Å². The summed E-state index contributed by atoms with van der Waals surface area (Å²) in [5.74, 6) is 0.780. The van der Waals surface area contributed by atoms with E-state index in [0.29, 0.717) is 18.2 Å². The van der Waals surface area contributed by atoms with Crippen LogP contribution in [-0.4, -0.2) is 22.5 Å². The van der Waals surface area contributed by atoms with Gasteiger partial charge in [0.1, 0.15) is 11.3 Å². The fraction of sp³-hybridized carbons (Fsp3) is 0.533. The first-order valence-corrected chi connectivity index (χ1v) is 7.32. The third-order valence-electron chi connectivity index (χ3n) is 4.43. The first-order chi connectivity index (χ1) is 10.1. The number of benzene rings is 1. The fourth-order valence-corrected chi connectivity index (χ4v) is 3.05. The number of nitro groups is 1. The average Bonchev–Trinajstić information content (AvgIpc) is 3.31. The number of rotatable bonds is 7. The van der Waals surface area contributed by atoms with Crippen molar-refractivity contribution in [2.75, 3.05) is 11.9 Å². The minimum absolute atomic E-state index is 0.264. The van der Waals surface area contributed by atoms with Crippen LogP contribution in [0.2, 0.25) is 0 Å². The zero-order chi connectivity index (χ0) is 15.0. The first-order valence-electron chi connectivity index (χ1n) is 7.32. The fourth-order valence-electron chi connectivity index (χ4n) is 3.05. The second-order valence-corrected chi connectivity index (χ2v) is 5.98. The number of aromatic carboxylic acids is 1. The maximum atomic E-state index is 11.2. The van der Waals surface area contributed by atoms with Gasteiger partial charge >= 0.3 is 11.7 Å². The molecule has 6 nitrogen and oxygen atoms in total. The van der Waals surface area contributed by atoms with E-state index in [9.17, 15) is 14.9 Å². The van der Waals surface area contributed by atoms with Gasteiger partial charge in [-0.3, -0.25) is 10.1 Å². The van der Waals surface area contributed by atoms with Crippen LogP contribution in [0.3, 0.4) is 0 Å². The van der Waals surface area contributed by atoms with E-state index in [0.717, 1.165) is 11.8 Å². The zero-order valence-corrected chi connectivity index (χ0v) is 11.6. The number of carboxylic acid groups (broad SMARTS) is 1. The number of para-hydroxylation sites is 1. The molecule has 2 saturated carbocycles. The molecule has 0 radical (unpaired) electrons. The molecule has 112 valence electrons. The Kier molecular flexibility index (Phi) is 3.53. The number of carboxylic acids is 1. The molecule has 21 heavy (non-hydrogen) atoms. The smallest absolute Gasteiger partial charge is 0.342 e. The van der Waals surface area contributed by atoms with Gasteiger partial charge in [0, 0.05) is 6.54 Å². The molecule has 1 aromatic carbocycles. The van der Waals surface area contributed by atoms with E-state index < -0.39 is 10.9 Å². The normalized spacial score (nSPS) is 17.8. The highest BCUT2D eigenvalue weighted by Crippen LogP contribution is 2.49. The van der Waals surface area contributed by atoms with Gasteiger partial charge in [0.15, 0.2) is 0 Å². The Hall–Kier alpha value is -2.11. The molecule has 0 atom stereocenters. The molecule has 2 fully saturated rings. The van der Waals surface area contributed by atoms with Crippen LogP contribution in [0.5, 0.6) is 0 Å². The van der Waals surface area contributed by atoms with Crippen molar-refractivity contribution in [1.29, 1.82) is 0 Å². The van der Waals surface area contributed by atoms with Gasteiger partial charge in [-0.25, -0.2) is 4.79 Å². The molecule has 0 aromatic heterocycles. The number of nitrogens with zero attached hydrogens (tertiary/aromatic N) is 1. The van der Waals surface area contributed by atoms with Crippen molar-refractivity contribution in [2.24, 2.45) is 17.8 Å². The van der Waals surface area contributed by atoms with Gasteiger partial charge in [-0.15, -0.1) is 0 Å². The third kappa shape index (κ3) is 2.99. The van der Waals surface area contributed by atoms with E-state index in [2.05, 4.69) is 5.32 Å². The number of hydrogen-bond acceptors (Lipinski definition) is 4. The van der Waals surface area contributed by atoms with Crippen LogP contribution in [0.25, 0.3) is 0 Å². The summed E-state index contributed by atoms with van der Waals surface area (Å²) in [4.78, 5) is 21.7. The number of nitrogens with one attached hydrogen (secondary N) is 1. The van der Waals surface area contributed by atoms with E-state index in [1.54, 1.807) is 12.1 Å². The minimum Gasteiger partial charge on any atom is -0.477 e. The standard InChI is InChI=1S/C15H18N2O4/c18-15(19)11-2-1-3-13(14(11)17(20)21)16-8-12(9-4-5-9)10-6-7-10/h1-3,9-10,12,16H,4-8H2,(H,18,19). The van der Waals surface area contributed by atoms with Crippen LogP contribution in [0.1, 0.15) is 36.0 Å². The van der Waals surface area contributed by atoms with E-state index in [4.69, 9.17) is 5.11 Å². The van der Waals surface area contributed by atoms with Gasteiger partial charge in [-0.2, -0.15) is 0 Å². The van der Waals surface area contributed by atoms with Crippen LogP contribution in [0, 0.1) is 27.9 Å². The van der Waals surface area contributed by atoms with Crippen molar-refractivity contribution in [3.05, 3.63) is 33.9 Å². The second-order valence-electron chi connectivity index (χ2n) is 5.98. The van der Waals surface area contributed by atoms with Gasteiger partial charge in [0.05, 0.1) is 4.92 Å². The molecule has 1 aromatic rings. The Morgan fingerprint density at radius 2 is 1.95 bits per heavy atom. The number of nitro benzene ring substituents is 1. The van der Waals surface area contributed by atoms with Crippen LogP contribution in [0.4, 0.5) is 11.4 Å². The lowest BCUT2D eigenvalue weighted by Crippen LogP contribution is -2.19. The van der Waals surface area contributed by atoms with Gasteiger partial charge in [-0.1, -0.05) is 6.07 Å². The van der Waals surface area contributed by atoms with Crippen molar-refractivity contribution >= 4 is 17.3 Å². The molecule has 0 amide bonds. The van der Waals surface area contributed by atoms with Crippen LogP contribution >= 0.6 is 0 Å². The first kappa shape index (κ1) is 13.9. The number of anilines is 1. The molecule has 0 unspecified atom stereocenters. The molecule has 0 heterocycles. The van der Waals surface area contributed by atoms with E-state index in [1.807, 2.05) is 0 Å². The summed E-state index contributed by atoms with van der Waals surface area (Å²) < 4.78 is 0. The SMILES string of the molecule is O=C(O)c1cccc(NCC(C2CC2)C2CC2)c1[N+](=O)[O-]. The molecule has 0 bridgehead atoms. The van der Waals surface area contributed by atoms with E-state index in [-0.39, 0.29) is 11.3 Å². The number of carbonyl (C=O) groups is 1. The van der Waals surface area contributed by atoms with E-state index in [1.165, 1.54) is 31.7 Å². The largest absolute Gasteiger partial charge is 0.477 e. The molecule has 2 aliphatic rings. The summed E-state index contributed by atoms with van der Waals surface area (Å²) >= 11 is 0. The van der Waals surface area contributed by atoms with Crippen LogP contribution < -0.4 is 5.32 Å². The quantitative estimate of drug-likeness (QED) is 0.594. The molecule has 2 N–H and O–H groups in total. The lowest BCUT2D eigenvalue weighted by atomic mass is 9.97. The average molecular weight is 290 g/mol. The maximum Gasteiger partial charge on any atom is 0.342 e. The molecule has 0 spiro atoms. The highest BCUT2D eigenvalue weighted by molar-refractivity contribution is 5.95. The molecular weight excluding hydrogens is 272 g/mol. The van der Waals surface area contributed by atoms with Crippen molar-refractivity contribution in [3.8, 4) is 0 Å². The lowest BCUT2D eigenvalue weighted by Gasteiger charge is -2.17. The summed E-state index contributed by atoms with van der Waals surface area (Å²) in [5, 5.41) is 23.4. The Morgan fingerprint density at radius 1 is 1.33 bits per heavy atom.